The Hall–Kier alpha value is -0.630. The van der Waals surface area contributed by atoms with Gasteiger partial charge in [-0.15, -0.1) is 0 Å². The van der Waals surface area contributed by atoms with Crippen molar-refractivity contribution in [3.8, 4) is 0 Å². The van der Waals surface area contributed by atoms with Crippen molar-refractivity contribution in [1.82, 2.24) is 0 Å². The Balaban J connectivity index is 3.05. The lowest BCUT2D eigenvalue weighted by atomic mass is 10.1. The average Bonchev–Trinajstić information content (AvgIpc) is 2.26. The van der Waals surface area contributed by atoms with E-state index in [1.165, 1.54) is 0 Å². The molecule has 0 aliphatic carbocycles. The Morgan fingerprint density at radius 3 is 2.31 bits per heavy atom. The van der Waals surface area contributed by atoms with Crippen molar-refractivity contribution in [2.24, 2.45) is 5.73 Å². The zero-order valence-corrected chi connectivity index (χ0v) is 10.7. The summed E-state index contributed by atoms with van der Waals surface area (Å²) in [4.78, 5) is 10.1. The molecule has 0 radical (unpaired) electrons. The quantitative estimate of drug-likeness (QED) is 0.779. The first-order valence-corrected chi connectivity index (χ1v) is 7.37. The predicted octanol–water partition coefficient (Wildman–Crippen LogP) is 2.76. The second-order valence-electron chi connectivity index (χ2n) is 4.27. The third-order valence-corrected chi connectivity index (χ3v) is 5.74. The average molecular weight is 241 g/mol. The van der Waals surface area contributed by atoms with Gasteiger partial charge in [0.1, 0.15) is 0 Å². The number of hydrogen-bond donors (Lipinski definition) is 2. The normalized spacial score (nSPS) is 17.1. The van der Waals surface area contributed by atoms with Crippen LogP contribution in [0.1, 0.15) is 31.5 Å². The standard InChI is InChI=1S/C12H20NO2P/c1-10(2)16(14,15)12(8-9-13)11-6-4-3-5-7-11/h3-7,10,12H,8-9,13H2,1-2H3,(H,14,15). The van der Waals surface area contributed by atoms with Gasteiger partial charge in [0, 0.05) is 5.66 Å². The molecule has 0 heterocycles. The summed E-state index contributed by atoms with van der Waals surface area (Å²) >= 11 is 0. The van der Waals surface area contributed by atoms with Crippen LogP contribution in [0, 0.1) is 0 Å². The van der Waals surface area contributed by atoms with E-state index in [-0.39, 0.29) is 11.3 Å². The second-order valence-corrected chi connectivity index (χ2v) is 7.27. The van der Waals surface area contributed by atoms with Crippen LogP contribution >= 0.6 is 7.37 Å². The summed E-state index contributed by atoms with van der Waals surface area (Å²) in [5, 5.41) is 0. The SMILES string of the molecule is CC(C)P(=O)(O)C(CCN)c1ccccc1. The van der Waals surface area contributed by atoms with E-state index in [4.69, 9.17) is 5.73 Å². The minimum Gasteiger partial charge on any atom is -0.344 e. The summed E-state index contributed by atoms with van der Waals surface area (Å²) < 4.78 is 12.3. The Morgan fingerprint density at radius 2 is 1.88 bits per heavy atom. The van der Waals surface area contributed by atoms with E-state index >= 15 is 0 Å². The van der Waals surface area contributed by atoms with Crippen molar-refractivity contribution in [2.75, 3.05) is 6.54 Å². The molecule has 2 unspecified atom stereocenters. The van der Waals surface area contributed by atoms with E-state index in [9.17, 15) is 9.46 Å². The van der Waals surface area contributed by atoms with Crippen LogP contribution in [0.3, 0.4) is 0 Å². The van der Waals surface area contributed by atoms with Crippen LogP contribution in [0.4, 0.5) is 0 Å². The third kappa shape index (κ3) is 2.94. The molecule has 0 saturated heterocycles. The third-order valence-electron chi connectivity index (χ3n) is 2.81. The molecular formula is C12H20NO2P. The zero-order valence-electron chi connectivity index (χ0n) is 9.84. The summed E-state index contributed by atoms with van der Waals surface area (Å²) in [5.74, 6) is 0. The summed E-state index contributed by atoms with van der Waals surface area (Å²) in [6, 6.07) is 9.47. The summed E-state index contributed by atoms with van der Waals surface area (Å²) in [5.41, 5.74) is 5.87. The Kier molecular flexibility index (Phi) is 4.72. The van der Waals surface area contributed by atoms with E-state index < -0.39 is 7.37 Å². The van der Waals surface area contributed by atoms with E-state index in [0.717, 1.165) is 5.56 Å². The molecule has 3 N–H and O–H groups in total. The van der Waals surface area contributed by atoms with Gasteiger partial charge in [-0.25, -0.2) is 0 Å². The summed E-state index contributed by atoms with van der Waals surface area (Å²) in [6.45, 7) is 4.00. The zero-order chi connectivity index (χ0) is 12.2. The van der Waals surface area contributed by atoms with Gasteiger partial charge in [-0.3, -0.25) is 4.57 Å². The van der Waals surface area contributed by atoms with Crippen LogP contribution in [0.2, 0.25) is 0 Å². The topological polar surface area (TPSA) is 63.3 Å². The van der Waals surface area contributed by atoms with Gasteiger partial charge in [0.15, 0.2) is 0 Å². The first-order chi connectivity index (χ1) is 7.50. The van der Waals surface area contributed by atoms with Crippen LogP contribution in [0.15, 0.2) is 30.3 Å². The molecule has 1 aromatic carbocycles. The van der Waals surface area contributed by atoms with E-state index in [0.29, 0.717) is 13.0 Å². The first-order valence-electron chi connectivity index (χ1n) is 5.57. The molecular weight excluding hydrogens is 221 g/mol. The van der Waals surface area contributed by atoms with Crippen LogP contribution in [-0.2, 0) is 4.57 Å². The van der Waals surface area contributed by atoms with E-state index in [2.05, 4.69) is 0 Å². The van der Waals surface area contributed by atoms with Crippen LogP contribution in [0.25, 0.3) is 0 Å². The van der Waals surface area contributed by atoms with E-state index in [1.54, 1.807) is 13.8 Å². The molecule has 1 rings (SSSR count). The van der Waals surface area contributed by atoms with E-state index in [1.807, 2.05) is 30.3 Å². The fraction of sp³-hybridized carbons (Fsp3) is 0.500. The van der Waals surface area contributed by atoms with Crippen LogP contribution < -0.4 is 5.73 Å². The smallest absolute Gasteiger partial charge is 0.210 e. The second kappa shape index (κ2) is 5.62. The number of hydrogen-bond acceptors (Lipinski definition) is 2. The molecule has 0 amide bonds. The van der Waals surface area contributed by atoms with Crippen molar-refractivity contribution in [2.45, 2.75) is 31.6 Å². The number of rotatable bonds is 5. The largest absolute Gasteiger partial charge is 0.344 e. The number of benzene rings is 1. The molecule has 0 saturated carbocycles. The Labute approximate surface area is 97.1 Å². The molecule has 1 aromatic rings. The van der Waals surface area contributed by atoms with Gasteiger partial charge in [-0.1, -0.05) is 44.2 Å². The molecule has 90 valence electrons. The molecule has 0 spiro atoms. The monoisotopic (exact) mass is 241 g/mol. The highest BCUT2D eigenvalue weighted by molar-refractivity contribution is 7.59. The van der Waals surface area contributed by atoms with Crippen molar-refractivity contribution in [1.29, 1.82) is 0 Å². The maximum absolute atomic E-state index is 12.3. The Bertz CT molecular complexity index is 365. The van der Waals surface area contributed by atoms with Crippen molar-refractivity contribution >= 4 is 7.37 Å². The molecule has 0 fully saturated rings. The van der Waals surface area contributed by atoms with Gasteiger partial charge < -0.3 is 10.6 Å². The summed E-state index contributed by atoms with van der Waals surface area (Å²) in [7, 11) is -3.19. The molecule has 16 heavy (non-hydrogen) atoms. The highest BCUT2D eigenvalue weighted by Crippen LogP contribution is 2.60. The minimum absolute atomic E-state index is 0.232. The molecule has 0 aromatic heterocycles. The fourth-order valence-electron chi connectivity index (χ4n) is 1.76. The summed E-state index contributed by atoms with van der Waals surface area (Å²) in [6.07, 6.45) is 0.552. The molecule has 0 bridgehead atoms. The highest BCUT2D eigenvalue weighted by Gasteiger charge is 2.34. The van der Waals surface area contributed by atoms with Gasteiger partial charge in [0.05, 0.1) is 5.66 Å². The predicted molar refractivity (Wildman–Crippen MR) is 67.8 cm³/mol. The molecule has 4 heteroatoms. The maximum atomic E-state index is 12.3. The first kappa shape index (κ1) is 13.4. The van der Waals surface area contributed by atoms with Gasteiger partial charge in [-0.2, -0.15) is 0 Å². The number of nitrogens with two attached hydrogens (primary N) is 1. The lowest BCUT2D eigenvalue weighted by Crippen LogP contribution is -2.12. The van der Waals surface area contributed by atoms with Crippen LogP contribution in [0.5, 0.6) is 0 Å². The minimum atomic E-state index is -3.19. The lowest BCUT2D eigenvalue weighted by Gasteiger charge is -2.26. The van der Waals surface area contributed by atoms with Gasteiger partial charge in [0.2, 0.25) is 7.37 Å². The van der Waals surface area contributed by atoms with Crippen molar-refractivity contribution < 1.29 is 9.46 Å². The highest BCUT2D eigenvalue weighted by atomic mass is 31.2. The molecule has 2 atom stereocenters. The molecule has 3 nitrogen and oxygen atoms in total. The Morgan fingerprint density at radius 1 is 1.31 bits per heavy atom. The maximum Gasteiger partial charge on any atom is 0.210 e. The van der Waals surface area contributed by atoms with Crippen molar-refractivity contribution in [3.05, 3.63) is 35.9 Å². The lowest BCUT2D eigenvalue weighted by molar-refractivity contribution is 0.450. The molecule has 0 aliphatic rings. The van der Waals surface area contributed by atoms with Crippen LogP contribution in [-0.4, -0.2) is 17.1 Å². The van der Waals surface area contributed by atoms with Gasteiger partial charge in [0.25, 0.3) is 0 Å². The van der Waals surface area contributed by atoms with Gasteiger partial charge in [-0.05, 0) is 18.5 Å². The fourth-order valence-corrected chi connectivity index (χ4v) is 3.60. The van der Waals surface area contributed by atoms with Gasteiger partial charge >= 0.3 is 0 Å². The van der Waals surface area contributed by atoms with Crippen molar-refractivity contribution in [3.63, 3.8) is 0 Å². The molecule has 0 aliphatic heterocycles.